The first-order valence-corrected chi connectivity index (χ1v) is 47.8. The number of ether oxygens (including phenoxy) is 3. The van der Waals surface area contributed by atoms with Crippen molar-refractivity contribution in [1.29, 1.82) is 0 Å². The number of aliphatic hydroxyl groups excluding tert-OH is 2. The van der Waals surface area contributed by atoms with E-state index in [1.165, 1.54) is 154 Å². The standard InChI is InChI=1S/C95H162O16P2/c1-4-7-10-13-16-19-22-25-28-30-32-34-36-38-40-42-44-46-48-50-52-54-56-58-61-63-66-69-72-75-78-81-93(98)105-84-90(96)85-107-112(101,102)108-86-91(97)87-109-113(103,104)110-89-92(111-95(100)83-80-77-74-71-68-65-60-27-24-21-18-15-12-9-6-3)88-106-94(99)82-79-76-73-70-67-64-62-59-57-55-53-51-49-47-45-43-41-39-37-35-33-31-29-26-23-20-17-14-11-8-5-2/h7,9-10,12,16-21,25-29,32-35,38-41,44,46,60,90-92,96-97H,4-6,8,11,13-15,22-24,30-31,36-37,42-43,45,47-59,61-89H2,1-3H3,(H,101,102)(H,103,104)/b10-7-,12-9-,19-16-,20-17-,21-18-,28-25-,29-26-,34-32-,35-33-,40-38-,41-39-,46-44-,60-27-. The number of carbonyl (C=O) groups is 3. The minimum absolute atomic E-state index is 0.0830. The summed E-state index contributed by atoms with van der Waals surface area (Å²) >= 11 is 0. The Hall–Kier alpha value is -4.83. The predicted octanol–water partition coefficient (Wildman–Crippen LogP) is 27.3. The molecule has 0 bridgehead atoms. The Bertz CT molecular complexity index is 2680. The molecule has 648 valence electrons. The normalized spacial score (nSPS) is 14.6. The Kier molecular flexibility index (Phi) is 82.8. The molecule has 4 N–H and O–H groups in total. The minimum Gasteiger partial charge on any atom is -0.463 e. The van der Waals surface area contributed by atoms with Crippen molar-refractivity contribution < 1.29 is 75.8 Å². The fourth-order valence-electron chi connectivity index (χ4n) is 12.0. The molecular weight excluding hydrogens is 1460 g/mol. The van der Waals surface area contributed by atoms with E-state index < -0.39 is 91.5 Å². The summed E-state index contributed by atoms with van der Waals surface area (Å²) < 4.78 is 61.3. The van der Waals surface area contributed by atoms with Crippen LogP contribution in [0.2, 0.25) is 0 Å². The molecule has 0 radical (unpaired) electrons. The molecule has 0 aliphatic carbocycles. The molecule has 0 heterocycles. The van der Waals surface area contributed by atoms with Crippen molar-refractivity contribution in [3.8, 4) is 0 Å². The van der Waals surface area contributed by atoms with Crippen molar-refractivity contribution in [2.75, 3.05) is 39.6 Å². The maximum Gasteiger partial charge on any atom is 0.472 e. The molecule has 0 fully saturated rings. The van der Waals surface area contributed by atoms with Crippen LogP contribution < -0.4 is 0 Å². The number of unbranched alkanes of at least 4 members (excludes halogenated alkanes) is 35. The third-order valence-corrected chi connectivity index (χ3v) is 20.6. The Balaban J connectivity index is 4.49. The van der Waals surface area contributed by atoms with Gasteiger partial charge in [-0.05, 0) is 148 Å². The highest BCUT2D eigenvalue weighted by Crippen LogP contribution is 2.45. The number of carbonyl (C=O) groups excluding carboxylic acids is 3. The minimum atomic E-state index is -4.94. The van der Waals surface area contributed by atoms with E-state index in [-0.39, 0.29) is 19.3 Å². The number of rotatable bonds is 84. The van der Waals surface area contributed by atoms with Crippen LogP contribution in [0.5, 0.6) is 0 Å². The van der Waals surface area contributed by atoms with Crippen LogP contribution in [-0.2, 0) is 55.8 Å². The van der Waals surface area contributed by atoms with Gasteiger partial charge in [-0.25, -0.2) is 9.13 Å². The molecule has 18 heteroatoms. The van der Waals surface area contributed by atoms with Crippen molar-refractivity contribution in [2.45, 2.75) is 386 Å². The molecule has 0 saturated heterocycles. The fraction of sp³-hybridized carbons (Fsp3) is 0.695. The quantitative estimate of drug-likeness (QED) is 0.0146. The first-order chi connectivity index (χ1) is 55.2. The average molecular weight is 1620 g/mol. The third-order valence-electron chi connectivity index (χ3n) is 18.7. The molecule has 0 amide bonds. The van der Waals surface area contributed by atoms with Crippen LogP contribution in [0.1, 0.15) is 367 Å². The third kappa shape index (κ3) is 87.8. The molecule has 5 unspecified atom stereocenters. The zero-order valence-electron chi connectivity index (χ0n) is 71.3. The monoisotopic (exact) mass is 1620 g/mol. The summed E-state index contributed by atoms with van der Waals surface area (Å²) in [5, 5.41) is 20.7. The van der Waals surface area contributed by atoms with Gasteiger partial charge in [-0.1, -0.05) is 359 Å². The van der Waals surface area contributed by atoms with Crippen LogP contribution in [0.4, 0.5) is 0 Å². The lowest BCUT2D eigenvalue weighted by Crippen LogP contribution is -2.30. The van der Waals surface area contributed by atoms with Crippen LogP contribution in [0.3, 0.4) is 0 Å². The molecule has 16 nitrogen and oxygen atoms in total. The van der Waals surface area contributed by atoms with E-state index in [1.807, 2.05) is 0 Å². The fourth-order valence-corrected chi connectivity index (χ4v) is 13.6. The second-order valence-electron chi connectivity index (χ2n) is 29.6. The lowest BCUT2D eigenvalue weighted by molar-refractivity contribution is -0.161. The second-order valence-corrected chi connectivity index (χ2v) is 32.5. The van der Waals surface area contributed by atoms with Gasteiger partial charge < -0.3 is 34.2 Å². The van der Waals surface area contributed by atoms with Crippen LogP contribution in [0, 0.1) is 0 Å². The number of aliphatic hydroxyl groups is 2. The lowest BCUT2D eigenvalue weighted by atomic mass is 10.0. The molecule has 0 saturated carbocycles. The number of phosphoric ester groups is 2. The van der Waals surface area contributed by atoms with Crippen molar-refractivity contribution in [3.05, 3.63) is 158 Å². The van der Waals surface area contributed by atoms with Gasteiger partial charge >= 0.3 is 33.6 Å². The Morgan fingerprint density at radius 1 is 0.257 bits per heavy atom. The van der Waals surface area contributed by atoms with Gasteiger partial charge in [0, 0.05) is 19.3 Å². The summed E-state index contributed by atoms with van der Waals surface area (Å²) in [5.74, 6) is -1.59. The van der Waals surface area contributed by atoms with Crippen molar-refractivity contribution >= 4 is 33.6 Å². The molecular formula is C95H162O16P2. The summed E-state index contributed by atoms with van der Waals surface area (Å²) in [5.41, 5.74) is 0. The van der Waals surface area contributed by atoms with Gasteiger partial charge in [-0.3, -0.25) is 32.5 Å². The van der Waals surface area contributed by atoms with E-state index in [1.54, 1.807) is 0 Å². The SMILES string of the molecule is CC/C=C\C/C=C\C/C=C\C/C=C\C/C=C\C/C=C\CCCCCCCCCCCCCCC(=O)OCC(O)COP(=O)(O)OCC(O)COP(=O)(O)OCC(COC(=O)CCCCCCCCCCCCCCCCC/C=C\C/C=C\C/C=C\C/C=C\CCCCC)OC(=O)CCCCCCC/C=C\C/C=C\C/C=C\CC. The second kappa shape index (κ2) is 86.5. The molecule has 0 spiro atoms. The van der Waals surface area contributed by atoms with Gasteiger partial charge in [0.15, 0.2) is 6.10 Å². The van der Waals surface area contributed by atoms with Gasteiger partial charge in [0.05, 0.1) is 26.4 Å². The van der Waals surface area contributed by atoms with Crippen LogP contribution in [0.15, 0.2) is 158 Å². The van der Waals surface area contributed by atoms with Crippen LogP contribution in [0.25, 0.3) is 0 Å². The van der Waals surface area contributed by atoms with Gasteiger partial charge in [-0.15, -0.1) is 0 Å². The molecule has 113 heavy (non-hydrogen) atoms. The number of hydrogen-bond acceptors (Lipinski definition) is 14. The summed E-state index contributed by atoms with van der Waals surface area (Å²) in [7, 11) is -9.81. The number of allylic oxidation sites excluding steroid dienone is 26. The number of phosphoric acid groups is 2. The summed E-state index contributed by atoms with van der Waals surface area (Å²) in [6.45, 7) is 2.44. The summed E-state index contributed by atoms with van der Waals surface area (Å²) in [6.07, 6.45) is 110. The summed E-state index contributed by atoms with van der Waals surface area (Å²) in [4.78, 5) is 58.9. The Morgan fingerprint density at radius 3 is 0.743 bits per heavy atom. The van der Waals surface area contributed by atoms with Crippen LogP contribution in [-0.4, -0.2) is 95.9 Å². The van der Waals surface area contributed by atoms with E-state index in [0.717, 1.165) is 154 Å². The largest absolute Gasteiger partial charge is 0.472 e. The van der Waals surface area contributed by atoms with E-state index in [0.29, 0.717) is 19.3 Å². The van der Waals surface area contributed by atoms with Crippen LogP contribution >= 0.6 is 15.6 Å². The zero-order chi connectivity index (χ0) is 82.2. The van der Waals surface area contributed by atoms with E-state index in [9.17, 15) is 43.5 Å². The molecule has 0 aromatic rings. The maximum absolute atomic E-state index is 13.0. The average Bonchev–Trinajstić information content (AvgIpc) is 0.903. The molecule has 0 aromatic heterocycles. The van der Waals surface area contributed by atoms with Gasteiger partial charge in [0.25, 0.3) is 0 Å². The molecule has 0 aliphatic rings. The number of esters is 3. The highest BCUT2D eigenvalue weighted by molar-refractivity contribution is 7.47. The first-order valence-electron chi connectivity index (χ1n) is 44.8. The Labute approximate surface area is 689 Å². The molecule has 5 atom stereocenters. The molecule has 0 aromatic carbocycles. The van der Waals surface area contributed by atoms with Gasteiger partial charge in [0.1, 0.15) is 25.4 Å². The zero-order valence-corrected chi connectivity index (χ0v) is 73.0. The first kappa shape index (κ1) is 108. The van der Waals surface area contributed by atoms with Gasteiger partial charge in [-0.2, -0.15) is 0 Å². The van der Waals surface area contributed by atoms with E-state index >= 15 is 0 Å². The van der Waals surface area contributed by atoms with Crippen molar-refractivity contribution in [2.24, 2.45) is 0 Å². The highest BCUT2D eigenvalue weighted by Gasteiger charge is 2.29. The topological polar surface area (TPSA) is 231 Å². The van der Waals surface area contributed by atoms with E-state index in [2.05, 4.69) is 179 Å². The van der Waals surface area contributed by atoms with Gasteiger partial charge in [0.2, 0.25) is 0 Å². The Morgan fingerprint density at radius 2 is 0.469 bits per heavy atom. The molecule has 0 rings (SSSR count). The molecule has 0 aliphatic heterocycles. The smallest absolute Gasteiger partial charge is 0.463 e. The van der Waals surface area contributed by atoms with E-state index in [4.69, 9.17) is 32.3 Å². The lowest BCUT2D eigenvalue weighted by Gasteiger charge is -2.21. The maximum atomic E-state index is 13.0. The summed E-state index contributed by atoms with van der Waals surface area (Å²) in [6, 6.07) is 0. The highest BCUT2D eigenvalue weighted by atomic mass is 31.2. The van der Waals surface area contributed by atoms with Crippen molar-refractivity contribution in [3.63, 3.8) is 0 Å². The van der Waals surface area contributed by atoms with Crippen molar-refractivity contribution in [1.82, 2.24) is 0 Å². The number of hydrogen-bond donors (Lipinski definition) is 4. The predicted molar refractivity (Wildman–Crippen MR) is 472 cm³/mol.